The Labute approximate surface area is 133 Å². The molecule has 3 nitrogen and oxygen atoms in total. The quantitative estimate of drug-likeness (QED) is 0.844. The lowest BCUT2D eigenvalue weighted by molar-refractivity contribution is -0.663. The molecule has 1 aliphatic heterocycles. The van der Waals surface area contributed by atoms with Gasteiger partial charge >= 0.3 is 6.18 Å². The van der Waals surface area contributed by atoms with E-state index in [-0.39, 0.29) is 0 Å². The first-order valence-corrected chi connectivity index (χ1v) is 8.10. The number of hydrogen-bond acceptors (Lipinski definition) is 2. The van der Waals surface area contributed by atoms with Gasteiger partial charge in [-0.25, -0.2) is 0 Å². The van der Waals surface area contributed by atoms with E-state index >= 15 is 0 Å². The second-order valence-electron chi connectivity index (χ2n) is 6.12. The van der Waals surface area contributed by atoms with E-state index in [0.29, 0.717) is 0 Å². The largest absolute Gasteiger partial charge is 0.542 e. The van der Waals surface area contributed by atoms with Crippen LogP contribution in [-0.2, 0) is 17.6 Å². The van der Waals surface area contributed by atoms with Crippen LogP contribution in [-0.4, -0.2) is 25.2 Å². The molecule has 3 rings (SSSR count). The minimum absolute atomic E-state index is 0.859. The van der Waals surface area contributed by atoms with Gasteiger partial charge in [-0.2, -0.15) is 13.2 Å². The fourth-order valence-corrected chi connectivity index (χ4v) is 3.43. The summed E-state index contributed by atoms with van der Waals surface area (Å²) in [5.74, 6) is -2.15. The molecule has 23 heavy (non-hydrogen) atoms. The second kappa shape index (κ2) is 7.81. The molecule has 2 N–H and O–H groups in total. The Morgan fingerprint density at radius 3 is 2.35 bits per heavy atom. The molecule has 1 saturated heterocycles. The first-order valence-electron chi connectivity index (χ1n) is 8.10. The molecule has 1 aliphatic carbocycles. The molecular formula is C17H22F3NO2. The summed E-state index contributed by atoms with van der Waals surface area (Å²) in [5.41, 5.74) is 5.07. The van der Waals surface area contributed by atoms with E-state index in [2.05, 4.69) is 23.5 Å². The Morgan fingerprint density at radius 2 is 1.74 bits per heavy atom. The van der Waals surface area contributed by atoms with Crippen LogP contribution < -0.4 is 10.4 Å². The summed E-state index contributed by atoms with van der Waals surface area (Å²) in [6, 6.07) is 7.05. The Morgan fingerprint density at radius 1 is 1.13 bits per heavy atom. The molecule has 0 amide bonds. The van der Waals surface area contributed by atoms with Crippen molar-refractivity contribution in [2.75, 3.05) is 13.1 Å². The molecule has 1 fully saturated rings. The number of carboxylic acid groups (broad SMARTS) is 1. The lowest BCUT2D eigenvalue weighted by Gasteiger charge is -2.26. The highest BCUT2D eigenvalue weighted by Gasteiger charge is 2.28. The van der Waals surface area contributed by atoms with Crippen molar-refractivity contribution in [1.82, 2.24) is 0 Å². The summed E-state index contributed by atoms with van der Waals surface area (Å²) in [6.07, 6.45) is 3.04. The standard InChI is InChI=1S/C15H21N.C2HF3O2/c1-2-6-14-12(4-1)5-3-7-15(14)13-8-10-16-11-9-13;3-2(4,5)1(6)7/h3,5,7,13,16H,1-2,4,6,8-11H2;(H,6,7). The number of halogens is 3. The summed E-state index contributed by atoms with van der Waals surface area (Å²) in [7, 11) is 0. The van der Waals surface area contributed by atoms with Crippen LogP contribution >= 0.6 is 0 Å². The summed E-state index contributed by atoms with van der Waals surface area (Å²) >= 11 is 0. The van der Waals surface area contributed by atoms with Crippen LogP contribution in [0.2, 0.25) is 0 Å². The van der Waals surface area contributed by atoms with Gasteiger partial charge in [-0.15, -0.1) is 0 Å². The normalized spacial score (nSPS) is 18.6. The predicted octanol–water partition coefficient (Wildman–Crippen LogP) is 1.30. The van der Waals surface area contributed by atoms with E-state index in [9.17, 15) is 13.2 Å². The van der Waals surface area contributed by atoms with Crippen molar-refractivity contribution in [3.8, 4) is 0 Å². The third-order valence-corrected chi connectivity index (χ3v) is 4.54. The second-order valence-corrected chi connectivity index (χ2v) is 6.12. The monoisotopic (exact) mass is 329 g/mol. The van der Waals surface area contributed by atoms with Crippen LogP contribution in [0.1, 0.15) is 48.3 Å². The number of carboxylic acids is 1. The topological polar surface area (TPSA) is 56.7 Å². The van der Waals surface area contributed by atoms with Crippen LogP contribution in [0.3, 0.4) is 0 Å². The molecular weight excluding hydrogens is 307 g/mol. The van der Waals surface area contributed by atoms with Gasteiger partial charge in [-0.1, -0.05) is 18.2 Å². The highest BCUT2D eigenvalue weighted by molar-refractivity contribution is 5.70. The van der Waals surface area contributed by atoms with Gasteiger partial charge in [-0.3, -0.25) is 0 Å². The lowest BCUT2D eigenvalue weighted by atomic mass is 9.81. The number of carbonyl (C=O) groups is 1. The maximum Gasteiger partial charge on any atom is 0.430 e. The molecule has 128 valence electrons. The van der Waals surface area contributed by atoms with Crippen molar-refractivity contribution in [1.29, 1.82) is 0 Å². The van der Waals surface area contributed by atoms with Crippen LogP contribution in [0.5, 0.6) is 0 Å². The molecule has 0 radical (unpaired) electrons. The third-order valence-electron chi connectivity index (χ3n) is 4.54. The molecule has 1 aromatic carbocycles. The molecule has 6 heteroatoms. The van der Waals surface area contributed by atoms with E-state index < -0.39 is 12.1 Å². The van der Waals surface area contributed by atoms with Crippen molar-refractivity contribution < 1.29 is 28.4 Å². The maximum atomic E-state index is 10.5. The highest BCUT2D eigenvalue weighted by Crippen LogP contribution is 2.32. The highest BCUT2D eigenvalue weighted by atomic mass is 19.4. The minimum atomic E-state index is -5.19. The number of aryl methyl sites for hydroxylation is 1. The molecule has 2 aliphatic rings. The van der Waals surface area contributed by atoms with Gasteiger partial charge < -0.3 is 15.2 Å². The zero-order valence-electron chi connectivity index (χ0n) is 13.0. The molecule has 0 spiro atoms. The van der Waals surface area contributed by atoms with Crippen molar-refractivity contribution in [3.63, 3.8) is 0 Å². The number of quaternary nitrogens is 1. The van der Waals surface area contributed by atoms with Gasteiger partial charge in [0, 0.05) is 12.8 Å². The fraction of sp³-hybridized carbons (Fsp3) is 0.588. The van der Waals surface area contributed by atoms with E-state index in [1.54, 1.807) is 16.7 Å². The van der Waals surface area contributed by atoms with Crippen molar-refractivity contribution in [2.45, 2.75) is 50.6 Å². The molecule has 0 saturated carbocycles. The van der Waals surface area contributed by atoms with Crippen LogP contribution in [0.4, 0.5) is 13.2 Å². The van der Waals surface area contributed by atoms with E-state index in [0.717, 1.165) is 5.92 Å². The van der Waals surface area contributed by atoms with Gasteiger partial charge in [0.05, 0.1) is 13.1 Å². The summed E-state index contributed by atoms with van der Waals surface area (Å²) < 4.78 is 31.5. The number of carbonyl (C=O) groups excluding carboxylic acids is 1. The number of aliphatic carboxylic acids is 1. The first kappa shape index (κ1) is 17.8. The number of fused-ring (bicyclic) bond motifs is 1. The van der Waals surface area contributed by atoms with Crippen LogP contribution in [0, 0.1) is 0 Å². The average Bonchev–Trinajstić information content (AvgIpc) is 2.55. The first-order chi connectivity index (χ1) is 10.9. The van der Waals surface area contributed by atoms with Gasteiger partial charge in [0.15, 0.2) is 0 Å². The molecule has 1 heterocycles. The summed E-state index contributed by atoms with van der Waals surface area (Å²) in [5, 5.41) is 11.2. The zero-order valence-corrected chi connectivity index (χ0v) is 13.0. The fourth-order valence-electron chi connectivity index (χ4n) is 3.43. The SMILES string of the molecule is O=C([O-])C(F)(F)F.c1cc2c(c(C3CC[NH2+]CC3)c1)CCCC2. The van der Waals surface area contributed by atoms with E-state index in [4.69, 9.17) is 9.90 Å². The average molecular weight is 329 g/mol. The lowest BCUT2D eigenvalue weighted by Crippen LogP contribution is -2.86. The predicted molar refractivity (Wildman–Crippen MR) is 77.8 cm³/mol. The third kappa shape index (κ3) is 4.96. The summed E-state index contributed by atoms with van der Waals surface area (Å²) in [4.78, 5) is 8.78. The van der Waals surface area contributed by atoms with E-state index in [1.165, 1.54) is 51.6 Å². The van der Waals surface area contributed by atoms with Gasteiger partial charge in [0.25, 0.3) is 0 Å². The molecule has 0 unspecified atom stereocenters. The molecule has 1 aromatic rings. The molecule has 0 aromatic heterocycles. The number of rotatable bonds is 1. The van der Waals surface area contributed by atoms with Crippen molar-refractivity contribution in [3.05, 3.63) is 34.9 Å². The summed E-state index contributed by atoms with van der Waals surface area (Å²) in [6.45, 7) is 2.66. The zero-order chi connectivity index (χ0) is 16.9. The van der Waals surface area contributed by atoms with Gasteiger partial charge in [-0.05, 0) is 48.3 Å². The number of piperidine rings is 1. The Balaban J connectivity index is 0.000000236. The van der Waals surface area contributed by atoms with E-state index in [1.807, 2.05) is 0 Å². The maximum absolute atomic E-state index is 10.5. The van der Waals surface area contributed by atoms with Crippen LogP contribution in [0.25, 0.3) is 0 Å². The Bertz CT molecular complexity index is 537. The number of alkyl halides is 3. The number of nitrogens with two attached hydrogens (primary N) is 1. The Kier molecular flexibility index (Phi) is 6.04. The van der Waals surface area contributed by atoms with Crippen molar-refractivity contribution >= 4 is 5.97 Å². The van der Waals surface area contributed by atoms with Gasteiger partial charge in [0.1, 0.15) is 5.97 Å². The van der Waals surface area contributed by atoms with Crippen LogP contribution in [0.15, 0.2) is 18.2 Å². The molecule has 0 atom stereocenters. The van der Waals surface area contributed by atoms with Crippen molar-refractivity contribution in [2.24, 2.45) is 0 Å². The smallest absolute Gasteiger partial charge is 0.430 e. The number of benzene rings is 1. The van der Waals surface area contributed by atoms with Gasteiger partial charge in [0.2, 0.25) is 0 Å². The minimum Gasteiger partial charge on any atom is -0.542 e. The molecule has 0 bridgehead atoms. The number of hydrogen-bond donors (Lipinski definition) is 1. The Hall–Kier alpha value is -1.56.